The number of amides is 1. The molecule has 132 valence electrons. The van der Waals surface area contributed by atoms with Crippen LogP contribution in [-0.2, 0) is 9.53 Å². The Morgan fingerprint density at radius 2 is 2.08 bits per heavy atom. The molecule has 1 aromatic rings. The zero-order chi connectivity index (χ0) is 17.5. The van der Waals surface area contributed by atoms with E-state index in [1.165, 1.54) is 11.1 Å². The highest BCUT2D eigenvalue weighted by Crippen LogP contribution is 2.16. The third kappa shape index (κ3) is 4.67. The van der Waals surface area contributed by atoms with Crippen LogP contribution < -0.4 is 4.90 Å². The molecule has 0 unspecified atom stereocenters. The Bertz CT molecular complexity index is 551. The van der Waals surface area contributed by atoms with Gasteiger partial charge in [0.05, 0.1) is 11.7 Å². The number of carbonyl (C=O) groups is 2. The maximum absolute atomic E-state index is 12.6. The molecule has 1 aliphatic rings. The van der Waals surface area contributed by atoms with Gasteiger partial charge in [-0.05, 0) is 38.8 Å². The van der Waals surface area contributed by atoms with Gasteiger partial charge in [-0.1, -0.05) is 0 Å². The van der Waals surface area contributed by atoms with E-state index in [1.54, 1.807) is 12.1 Å². The topological polar surface area (TPSA) is 83.0 Å². The van der Waals surface area contributed by atoms with Crippen LogP contribution in [0.25, 0.3) is 0 Å². The van der Waals surface area contributed by atoms with E-state index in [0.29, 0.717) is 18.7 Å². The van der Waals surface area contributed by atoms with Gasteiger partial charge in [0, 0.05) is 32.4 Å². The van der Waals surface area contributed by atoms with Gasteiger partial charge in [-0.2, -0.15) is 0 Å². The lowest BCUT2D eigenvalue weighted by Gasteiger charge is -2.24. The number of carbonyl (C=O) groups excluding carboxylic acids is 1. The zero-order valence-corrected chi connectivity index (χ0v) is 14.3. The van der Waals surface area contributed by atoms with Crippen molar-refractivity contribution in [3.8, 4) is 0 Å². The first-order valence-corrected chi connectivity index (χ1v) is 8.38. The maximum atomic E-state index is 12.6. The molecule has 1 aromatic heterocycles. The van der Waals surface area contributed by atoms with Crippen LogP contribution in [0.15, 0.2) is 18.3 Å². The van der Waals surface area contributed by atoms with Gasteiger partial charge in [-0.3, -0.25) is 9.59 Å². The molecule has 7 nitrogen and oxygen atoms in total. The van der Waals surface area contributed by atoms with Crippen molar-refractivity contribution in [2.24, 2.45) is 0 Å². The van der Waals surface area contributed by atoms with Gasteiger partial charge in [0.15, 0.2) is 0 Å². The van der Waals surface area contributed by atoms with Crippen molar-refractivity contribution < 1.29 is 19.4 Å². The highest BCUT2D eigenvalue weighted by atomic mass is 16.5. The number of aliphatic carboxylic acids is 1. The lowest BCUT2D eigenvalue weighted by molar-refractivity contribution is -0.138. The Balaban J connectivity index is 2.10. The smallest absolute Gasteiger partial charge is 0.323 e. The average Bonchev–Trinajstić information content (AvgIpc) is 3.08. The van der Waals surface area contributed by atoms with Crippen LogP contribution in [0.1, 0.15) is 37.0 Å². The molecule has 7 heteroatoms. The second-order valence-corrected chi connectivity index (χ2v) is 5.79. The van der Waals surface area contributed by atoms with E-state index in [0.717, 1.165) is 31.7 Å². The second kappa shape index (κ2) is 8.63. The molecule has 1 N–H and O–H groups in total. The average molecular weight is 335 g/mol. The molecule has 0 saturated carbocycles. The van der Waals surface area contributed by atoms with Crippen molar-refractivity contribution >= 4 is 17.7 Å². The predicted octanol–water partition coefficient (Wildman–Crippen LogP) is 1.63. The first kappa shape index (κ1) is 18.2. The molecule has 1 amide bonds. The van der Waals surface area contributed by atoms with Crippen LogP contribution in [0.4, 0.5) is 5.82 Å². The number of aromatic nitrogens is 1. The largest absolute Gasteiger partial charge is 0.480 e. The van der Waals surface area contributed by atoms with E-state index in [4.69, 9.17) is 9.84 Å². The van der Waals surface area contributed by atoms with Crippen molar-refractivity contribution in [1.82, 2.24) is 9.88 Å². The van der Waals surface area contributed by atoms with Crippen LogP contribution >= 0.6 is 0 Å². The molecule has 0 radical (unpaired) electrons. The van der Waals surface area contributed by atoms with E-state index in [-0.39, 0.29) is 18.6 Å². The Hall–Kier alpha value is -2.15. The summed E-state index contributed by atoms with van der Waals surface area (Å²) in [5, 5.41) is 9.08. The lowest BCUT2D eigenvalue weighted by atomic mass is 10.2. The summed E-state index contributed by atoms with van der Waals surface area (Å²) in [4.78, 5) is 31.5. The highest BCUT2D eigenvalue weighted by Gasteiger charge is 2.25. The number of anilines is 1. The maximum Gasteiger partial charge on any atom is 0.323 e. The minimum Gasteiger partial charge on any atom is -0.480 e. The van der Waals surface area contributed by atoms with Gasteiger partial charge in [-0.15, -0.1) is 0 Å². The second-order valence-electron chi connectivity index (χ2n) is 5.79. The SMILES string of the molecule is CCN(CC)c1ccc(C(=O)N(CC(=O)O)C[C@@H]2CCCO2)cn1. The van der Waals surface area contributed by atoms with Gasteiger partial charge in [0.1, 0.15) is 12.4 Å². The minimum absolute atomic E-state index is 0.0868. The fourth-order valence-electron chi connectivity index (χ4n) is 2.85. The molecule has 2 rings (SSSR count). The quantitative estimate of drug-likeness (QED) is 0.777. The molecular weight excluding hydrogens is 310 g/mol. The first-order chi connectivity index (χ1) is 11.5. The Labute approximate surface area is 142 Å². The third-order valence-corrected chi connectivity index (χ3v) is 4.14. The van der Waals surface area contributed by atoms with Crippen molar-refractivity contribution in [3.05, 3.63) is 23.9 Å². The van der Waals surface area contributed by atoms with Crippen LogP contribution in [0.5, 0.6) is 0 Å². The first-order valence-electron chi connectivity index (χ1n) is 8.38. The molecule has 0 bridgehead atoms. The van der Waals surface area contributed by atoms with Gasteiger partial charge < -0.3 is 19.6 Å². The van der Waals surface area contributed by atoms with Crippen molar-refractivity contribution in [1.29, 1.82) is 0 Å². The van der Waals surface area contributed by atoms with Crippen LogP contribution in [0.3, 0.4) is 0 Å². The van der Waals surface area contributed by atoms with E-state index in [1.807, 2.05) is 13.8 Å². The van der Waals surface area contributed by atoms with Crippen molar-refractivity contribution in [3.63, 3.8) is 0 Å². The number of ether oxygens (including phenoxy) is 1. The van der Waals surface area contributed by atoms with E-state index in [9.17, 15) is 9.59 Å². The molecule has 1 fully saturated rings. The zero-order valence-electron chi connectivity index (χ0n) is 14.3. The summed E-state index contributed by atoms with van der Waals surface area (Å²) in [5.74, 6) is -0.555. The number of nitrogens with zero attached hydrogens (tertiary/aromatic N) is 3. The molecule has 2 heterocycles. The number of hydrogen-bond donors (Lipinski definition) is 1. The molecule has 24 heavy (non-hydrogen) atoms. The number of rotatable bonds is 8. The molecule has 1 atom stereocenters. The van der Waals surface area contributed by atoms with E-state index in [2.05, 4.69) is 9.88 Å². The molecule has 1 aliphatic heterocycles. The van der Waals surface area contributed by atoms with Gasteiger partial charge in [-0.25, -0.2) is 4.98 Å². The van der Waals surface area contributed by atoms with E-state index >= 15 is 0 Å². The number of carboxylic acid groups (broad SMARTS) is 1. The standard InChI is InChI=1S/C17H25N3O4/c1-3-19(4-2)15-8-7-13(10-18-15)17(23)20(12-16(21)22)11-14-6-5-9-24-14/h7-8,10,14H,3-6,9,11-12H2,1-2H3,(H,21,22)/t14-/m0/s1. The summed E-state index contributed by atoms with van der Waals surface area (Å²) in [7, 11) is 0. The Morgan fingerprint density at radius 1 is 1.33 bits per heavy atom. The van der Waals surface area contributed by atoms with Crippen LogP contribution in [0.2, 0.25) is 0 Å². The van der Waals surface area contributed by atoms with Gasteiger partial charge in [0.25, 0.3) is 5.91 Å². The molecule has 0 aromatic carbocycles. The van der Waals surface area contributed by atoms with Crippen LogP contribution in [-0.4, -0.2) is 65.8 Å². The number of carboxylic acids is 1. The molecule has 0 aliphatic carbocycles. The van der Waals surface area contributed by atoms with Gasteiger partial charge >= 0.3 is 5.97 Å². The predicted molar refractivity (Wildman–Crippen MR) is 90.3 cm³/mol. The summed E-state index contributed by atoms with van der Waals surface area (Å²) in [6, 6.07) is 3.50. The van der Waals surface area contributed by atoms with Gasteiger partial charge in [0.2, 0.25) is 0 Å². The fourth-order valence-corrected chi connectivity index (χ4v) is 2.85. The number of pyridine rings is 1. The summed E-state index contributed by atoms with van der Waals surface area (Å²) >= 11 is 0. The monoisotopic (exact) mass is 335 g/mol. The van der Waals surface area contributed by atoms with Crippen LogP contribution in [0, 0.1) is 0 Å². The van der Waals surface area contributed by atoms with Crippen molar-refractivity contribution in [2.45, 2.75) is 32.8 Å². The fraction of sp³-hybridized carbons (Fsp3) is 0.588. The summed E-state index contributed by atoms with van der Waals surface area (Å²) < 4.78 is 5.52. The normalized spacial score (nSPS) is 16.8. The molecule has 1 saturated heterocycles. The number of hydrogen-bond acceptors (Lipinski definition) is 5. The highest BCUT2D eigenvalue weighted by molar-refractivity contribution is 5.95. The summed E-state index contributed by atoms with van der Waals surface area (Å²) in [6.45, 7) is 6.38. The Morgan fingerprint density at radius 3 is 2.58 bits per heavy atom. The minimum atomic E-state index is -1.03. The molecule has 0 spiro atoms. The van der Waals surface area contributed by atoms with E-state index < -0.39 is 5.97 Å². The summed E-state index contributed by atoms with van der Waals surface area (Å²) in [5.41, 5.74) is 0.394. The lowest BCUT2D eigenvalue weighted by Crippen LogP contribution is -2.40. The van der Waals surface area contributed by atoms with Crippen molar-refractivity contribution in [2.75, 3.05) is 37.7 Å². The molecular formula is C17H25N3O4. The Kier molecular flexibility index (Phi) is 6.54. The third-order valence-electron chi connectivity index (χ3n) is 4.14. The summed E-state index contributed by atoms with van der Waals surface area (Å²) in [6.07, 6.45) is 3.22.